The summed E-state index contributed by atoms with van der Waals surface area (Å²) in [6, 6.07) is 0. The van der Waals surface area contributed by atoms with Crippen molar-refractivity contribution in [1.29, 1.82) is 0 Å². The van der Waals surface area contributed by atoms with Gasteiger partial charge in [0.1, 0.15) is 6.20 Å². The van der Waals surface area contributed by atoms with Gasteiger partial charge in [-0.2, -0.15) is 4.98 Å². The molecular weight excluding hydrogens is 258 g/mol. The van der Waals surface area contributed by atoms with Crippen molar-refractivity contribution in [1.82, 2.24) is 9.97 Å². The van der Waals surface area contributed by atoms with Gasteiger partial charge in [0.15, 0.2) is 0 Å². The summed E-state index contributed by atoms with van der Waals surface area (Å²) in [4.78, 5) is 18.7. The van der Waals surface area contributed by atoms with E-state index in [2.05, 4.69) is 20.6 Å². The lowest BCUT2D eigenvalue weighted by Gasteiger charge is -2.25. The molecule has 20 heavy (non-hydrogen) atoms. The van der Waals surface area contributed by atoms with E-state index < -0.39 is 4.92 Å². The molecule has 0 spiro atoms. The second-order valence-electron chi connectivity index (χ2n) is 5.12. The molecule has 7 nitrogen and oxygen atoms in total. The highest BCUT2D eigenvalue weighted by atomic mass is 16.6. The summed E-state index contributed by atoms with van der Waals surface area (Å²) in [7, 11) is 0. The molecule has 1 heterocycles. The third-order valence-corrected chi connectivity index (χ3v) is 3.57. The minimum atomic E-state index is -0.449. The van der Waals surface area contributed by atoms with Crippen LogP contribution in [0, 0.1) is 16.0 Å². The number of rotatable bonds is 8. The van der Waals surface area contributed by atoms with Gasteiger partial charge in [-0.1, -0.05) is 26.2 Å². The SMILES string of the molecule is CCCNc1ncc([N+](=O)[O-])c(NCCC2CCC2)n1. The molecule has 0 aromatic carbocycles. The molecule has 0 aliphatic heterocycles. The van der Waals surface area contributed by atoms with Crippen LogP contribution in [0.25, 0.3) is 0 Å². The standard InChI is InChI=1S/C13H21N5O2/c1-2-7-15-13-16-9-11(18(19)20)12(17-13)14-8-6-10-4-3-5-10/h9-10H,2-8H2,1H3,(H2,14,15,16,17). The van der Waals surface area contributed by atoms with Gasteiger partial charge >= 0.3 is 5.69 Å². The highest BCUT2D eigenvalue weighted by molar-refractivity contribution is 5.56. The molecule has 0 unspecified atom stereocenters. The van der Waals surface area contributed by atoms with Crippen LogP contribution < -0.4 is 10.6 Å². The fourth-order valence-electron chi connectivity index (χ4n) is 2.14. The van der Waals surface area contributed by atoms with Crippen molar-refractivity contribution >= 4 is 17.5 Å². The van der Waals surface area contributed by atoms with Crippen molar-refractivity contribution in [3.63, 3.8) is 0 Å². The average molecular weight is 279 g/mol. The average Bonchev–Trinajstić information content (AvgIpc) is 2.39. The molecule has 1 aliphatic carbocycles. The molecule has 0 bridgehead atoms. The monoisotopic (exact) mass is 279 g/mol. The van der Waals surface area contributed by atoms with Crippen LogP contribution in [-0.4, -0.2) is 28.0 Å². The number of nitrogens with one attached hydrogen (secondary N) is 2. The first-order valence-electron chi connectivity index (χ1n) is 7.20. The molecule has 1 aromatic rings. The lowest BCUT2D eigenvalue weighted by Crippen LogP contribution is -2.17. The highest BCUT2D eigenvalue weighted by Gasteiger charge is 2.19. The lowest BCUT2D eigenvalue weighted by atomic mass is 9.83. The van der Waals surface area contributed by atoms with Gasteiger partial charge < -0.3 is 10.6 Å². The van der Waals surface area contributed by atoms with Crippen molar-refractivity contribution < 1.29 is 4.92 Å². The zero-order valence-electron chi connectivity index (χ0n) is 11.8. The summed E-state index contributed by atoms with van der Waals surface area (Å²) in [5.74, 6) is 1.51. The third kappa shape index (κ3) is 3.79. The fourth-order valence-corrected chi connectivity index (χ4v) is 2.14. The number of aromatic nitrogens is 2. The van der Waals surface area contributed by atoms with E-state index in [1.165, 1.54) is 25.5 Å². The minimum Gasteiger partial charge on any atom is -0.364 e. The Kier molecular flexibility index (Phi) is 5.09. The molecule has 1 aliphatic rings. The van der Waals surface area contributed by atoms with Crippen molar-refractivity contribution in [2.75, 3.05) is 23.7 Å². The second kappa shape index (κ2) is 7.02. The molecule has 110 valence electrons. The van der Waals surface area contributed by atoms with E-state index in [9.17, 15) is 10.1 Å². The number of anilines is 2. The van der Waals surface area contributed by atoms with Crippen LogP contribution >= 0.6 is 0 Å². The molecule has 0 radical (unpaired) electrons. The molecule has 7 heteroatoms. The zero-order valence-corrected chi connectivity index (χ0v) is 11.8. The predicted octanol–water partition coefficient (Wildman–Crippen LogP) is 2.81. The largest absolute Gasteiger partial charge is 0.364 e. The Balaban J connectivity index is 1.99. The molecule has 1 saturated carbocycles. The van der Waals surface area contributed by atoms with E-state index in [0.29, 0.717) is 11.8 Å². The molecule has 1 fully saturated rings. The van der Waals surface area contributed by atoms with Crippen LogP contribution in [0.15, 0.2) is 6.20 Å². The van der Waals surface area contributed by atoms with Gasteiger partial charge in [-0.15, -0.1) is 0 Å². The molecule has 2 rings (SSSR count). The van der Waals surface area contributed by atoms with Crippen LogP contribution in [0.5, 0.6) is 0 Å². The fraction of sp³-hybridized carbons (Fsp3) is 0.692. The van der Waals surface area contributed by atoms with E-state index in [4.69, 9.17) is 0 Å². The van der Waals surface area contributed by atoms with Gasteiger partial charge in [-0.25, -0.2) is 4.98 Å². The summed E-state index contributed by atoms with van der Waals surface area (Å²) in [6.07, 6.45) is 7.11. The van der Waals surface area contributed by atoms with E-state index in [0.717, 1.165) is 31.8 Å². The van der Waals surface area contributed by atoms with Crippen LogP contribution in [0.3, 0.4) is 0 Å². The lowest BCUT2D eigenvalue weighted by molar-refractivity contribution is -0.384. The van der Waals surface area contributed by atoms with Crippen molar-refractivity contribution in [2.45, 2.75) is 39.0 Å². The van der Waals surface area contributed by atoms with Gasteiger partial charge in [0.2, 0.25) is 11.8 Å². The Bertz CT molecular complexity index is 462. The number of hydrogen-bond donors (Lipinski definition) is 2. The molecule has 0 atom stereocenters. The van der Waals surface area contributed by atoms with E-state index in [1.54, 1.807) is 0 Å². The molecular formula is C13H21N5O2. The Morgan fingerprint density at radius 2 is 2.20 bits per heavy atom. The molecule has 1 aromatic heterocycles. The first-order chi connectivity index (χ1) is 9.70. The Hall–Kier alpha value is -1.92. The minimum absolute atomic E-state index is 0.0688. The molecule has 0 amide bonds. The molecule has 0 saturated heterocycles. The van der Waals surface area contributed by atoms with Crippen molar-refractivity contribution in [3.8, 4) is 0 Å². The van der Waals surface area contributed by atoms with Gasteiger partial charge in [0.05, 0.1) is 4.92 Å². The maximum absolute atomic E-state index is 11.0. The van der Waals surface area contributed by atoms with Gasteiger partial charge in [-0.05, 0) is 18.8 Å². The number of nitro groups is 1. The molecule has 2 N–H and O–H groups in total. The van der Waals surface area contributed by atoms with Crippen LogP contribution in [-0.2, 0) is 0 Å². The van der Waals surface area contributed by atoms with Crippen LogP contribution in [0.4, 0.5) is 17.5 Å². The first-order valence-corrected chi connectivity index (χ1v) is 7.20. The van der Waals surface area contributed by atoms with Gasteiger partial charge in [0, 0.05) is 13.1 Å². The zero-order chi connectivity index (χ0) is 14.4. The summed E-state index contributed by atoms with van der Waals surface area (Å²) in [5.41, 5.74) is -0.0688. The Morgan fingerprint density at radius 3 is 2.80 bits per heavy atom. The predicted molar refractivity (Wildman–Crippen MR) is 77.9 cm³/mol. The summed E-state index contributed by atoms with van der Waals surface area (Å²) in [6.45, 7) is 3.51. The van der Waals surface area contributed by atoms with Gasteiger partial charge in [0.25, 0.3) is 0 Å². The maximum atomic E-state index is 11.0. The maximum Gasteiger partial charge on any atom is 0.329 e. The summed E-state index contributed by atoms with van der Waals surface area (Å²) < 4.78 is 0. The first kappa shape index (κ1) is 14.5. The smallest absolute Gasteiger partial charge is 0.329 e. The normalized spacial score (nSPS) is 14.7. The Labute approximate surface area is 118 Å². The second-order valence-corrected chi connectivity index (χ2v) is 5.12. The van der Waals surface area contributed by atoms with Gasteiger partial charge in [-0.3, -0.25) is 10.1 Å². The van der Waals surface area contributed by atoms with E-state index >= 15 is 0 Å². The Morgan fingerprint density at radius 1 is 1.40 bits per heavy atom. The van der Waals surface area contributed by atoms with Crippen LogP contribution in [0.2, 0.25) is 0 Å². The topological polar surface area (TPSA) is 93.0 Å². The highest BCUT2D eigenvalue weighted by Crippen LogP contribution is 2.29. The summed E-state index contributed by atoms with van der Waals surface area (Å²) in [5, 5.41) is 17.1. The van der Waals surface area contributed by atoms with Crippen LogP contribution in [0.1, 0.15) is 39.0 Å². The van der Waals surface area contributed by atoms with Crippen molar-refractivity contribution in [2.24, 2.45) is 5.92 Å². The third-order valence-electron chi connectivity index (χ3n) is 3.57. The van der Waals surface area contributed by atoms with Crippen molar-refractivity contribution in [3.05, 3.63) is 16.3 Å². The van der Waals surface area contributed by atoms with E-state index in [1.807, 2.05) is 6.92 Å². The number of nitrogens with zero attached hydrogens (tertiary/aromatic N) is 3. The quantitative estimate of drug-likeness (QED) is 0.561. The number of hydrogen-bond acceptors (Lipinski definition) is 6. The summed E-state index contributed by atoms with van der Waals surface area (Å²) >= 11 is 0. The van der Waals surface area contributed by atoms with E-state index in [-0.39, 0.29) is 5.69 Å².